The highest BCUT2D eigenvalue weighted by Gasteiger charge is 2.44. The Labute approximate surface area is 131 Å². The third-order valence-electron chi connectivity index (χ3n) is 3.33. The molecule has 1 amide bonds. The van der Waals surface area contributed by atoms with Gasteiger partial charge in [0.25, 0.3) is 0 Å². The van der Waals surface area contributed by atoms with Gasteiger partial charge in [-0.3, -0.25) is 9.59 Å². The fourth-order valence-electron chi connectivity index (χ4n) is 2.01. The van der Waals surface area contributed by atoms with Crippen molar-refractivity contribution in [3.05, 3.63) is 29.0 Å². The van der Waals surface area contributed by atoms with Crippen molar-refractivity contribution in [3.8, 4) is 0 Å². The zero-order valence-corrected chi connectivity index (χ0v) is 12.8. The van der Waals surface area contributed by atoms with Crippen LogP contribution in [0.4, 0.5) is 10.1 Å². The number of carboxylic acid groups (broad SMARTS) is 1. The van der Waals surface area contributed by atoms with Crippen LogP contribution >= 0.6 is 23.4 Å². The highest BCUT2D eigenvalue weighted by Crippen LogP contribution is 2.50. The fraction of sp³-hybridized carbons (Fsp3) is 0.429. The Hall–Kier alpha value is -1.27. The monoisotopic (exact) mass is 331 g/mol. The predicted molar refractivity (Wildman–Crippen MR) is 81.3 cm³/mol. The maximum atomic E-state index is 13.5. The number of thioether (sulfide) groups is 1. The molecule has 2 N–H and O–H groups in total. The zero-order chi connectivity index (χ0) is 15.5. The van der Waals surface area contributed by atoms with E-state index in [-0.39, 0.29) is 34.2 Å². The number of amides is 1. The first-order valence-corrected chi connectivity index (χ1v) is 7.98. The van der Waals surface area contributed by atoms with Crippen LogP contribution < -0.4 is 5.32 Å². The molecule has 1 fully saturated rings. The Kier molecular flexibility index (Phi) is 5.11. The molecular weight excluding hydrogens is 317 g/mol. The molecule has 4 nitrogen and oxygen atoms in total. The lowest BCUT2D eigenvalue weighted by Crippen LogP contribution is -2.17. The molecule has 1 aliphatic carbocycles. The second-order valence-corrected chi connectivity index (χ2v) is 6.66. The van der Waals surface area contributed by atoms with Crippen LogP contribution in [0.15, 0.2) is 18.2 Å². The SMILES string of the molecule is O=C(O)CC1(CSCC(=O)Nc2ccc(Cl)cc2F)CC1. The average Bonchev–Trinajstić information content (AvgIpc) is 3.11. The van der Waals surface area contributed by atoms with E-state index in [1.807, 2.05) is 0 Å². The number of hydrogen-bond acceptors (Lipinski definition) is 3. The maximum absolute atomic E-state index is 13.5. The summed E-state index contributed by atoms with van der Waals surface area (Å²) in [6, 6.07) is 4.04. The molecule has 1 aromatic carbocycles. The molecule has 0 saturated heterocycles. The van der Waals surface area contributed by atoms with Crippen molar-refractivity contribution in [2.24, 2.45) is 5.41 Å². The van der Waals surface area contributed by atoms with E-state index >= 15 is 0 Å². The van der Waals surface area contributed by atoms with E-state index in [9.17, 15) is 14.0 Å². The summed E-state index contributed by atoms with van der Waals surface area (Å²) in [6.45, 7) is 0. The molecule has 1 saturated carbocycles. The van der Waals surface area contributed by atoms with Crippen molar-refractivity contribution in [2.75, 3.05) is 16.8 Å². The van der Waals surface area contributed by atoms with Crippen LogP contribution in [-0.4, -0.2) is 28.5 Å². The molecule has 0 heterocycles. The Morgan fingerprint density at radius 1 is 1.43 bits per heavy atom. The molecule has 1 aliphatic rings. The van der Waals surface area contributed by atoms with Gasteiger partial charge in [-0.15, -0.1) is 0 Å². The number of anilines is 1. The lowest BCUT2D eigenvalue weighted by atomic mass is 10.1. The number of halogens is 2. The maximum Gasteiger partial charge on any atom is 0.303 e. The van der Waals surface area contributed by atoms with Gasteiger partial charge in [-0.05, 0) is 42.2 Å². The summed E-state index contributed by atoms with van der Waals surface area (Å²) in [7, 11) is 0. The molecule has 0 bridgehead atoms. The molecule has 0 aliphatic heterocycles. The molecule has 0 spiro atoms. The van der Waals surface area contributed by atoms with E-state index in [4.69, 9.17) is 16.7 Å². The number of aliphatic carboxylic acids is 1. The van der Waals surface area contributed by atoms with Gasteiger partial charge in [-0.25, -0.2) is 4.39 Å². The van der Waals surface area contributed by atoms with Crippen LogP contribution in [0, 0.1) is 11.2 Å². The Balaban J connectivity index is 1.76. The lowest BCUT2D eigenvalue weighted by Gasteiger charge is -2.12. The number of rotatable bonds is 7. The summed E-state index contributed by atoms with van der Waals surface area (Å²) in [5.74, 6) is -0.891. The molecule has 21 heavy (non-hydrogen) atoms. The number of carbonyl (C=O) groups excluding carboxylic acids is 1. The number of carbonyl (C=O) groups is 2. The van der Waals surface area contributed by atoms with E-state index < -0.39 is 11.8 Å². The first-order chi connectivity index (χ1) is 9.90. The molecule has 1 aromatic rings. The fourth-order valence-corrected chi connectivity index (χ4v) is 3.35. The molecular formula is C14H15ClFNO3S. The third-order valence-corrected chi connectivity index (χ3v) is 4.85. The van der Waals surface area contributed by atoms with Gasteiger partial charge >= 0.3 is 5.97 Å². The van der Waals surface area contributed by atoms with E-state index in [0.717, 1.165) is 18.9 Å². The van der Waals surface area contributed by atoms with Crippen LogP contribution in [-0.2, 0) is 9.59 Å². The van der Waals surface area contributed by atoms with Crippen molar-refractivity contribution >= 4 is 40.9 Å². The topological polar surface area (TPSA) is 66.4 Å². The second kappa shape index (κ2) is 6.66. The van der Waals surface area contributed by atoms with Crippen molar-refractivity contribution in [1.82, 2.24) is 0 Å². The van der Waals surface area contributed by atoms with Crippen LogP contribution in [0.25, 0.3) is 0 Å². The molecule has 114 valence electrons. The van der Waals surface area contributed by atoms with Gasteiger partial charge in [0.15, 0.2) is 0 Å². The molecule has 7 heteroatoms. The largest absolute Gasteiger partial charge is 0.481 e. The normalized spacial score (nSPS) is 15.5. The first-order valence-electron chi connectivity index (χ1n) is 6.45. The highest BCUT2D eigenvalue weighted by atomic mass is 35.5. The summed E-state index contributed by atoms with van der Waals surface area (Å²) in [6.07, 6.45) is 1.92. The minimum absolute atomic E-state index is 0.0941. The van der Waals surface area contributed by atoms with Crippen LogP contribution in [0.2, 0.25) is 5.02 Å². The van der Waals surface area contributed by atoms with E-state index in [0.29, 0.717) is 5.75 Å². The zero-order valence-electron chi connectivity index (χ0n) is 11.2. The Morgan fingerprint density at radius 3 is 2.71 bits per heavy atom. The van der Waals surface area contributed by atoms with E-state index in [1.165, 1.54) is 23.9 Å². The van der Waals surface area contributed by atoms with Gasteiger partial charge in [0.1, 0.15) is 5.82 Å². The first kappa shape index (κ1) is 16.1. The smallest absolute Gasteiger partial charge is 0.303 e. The standard InChI is InChI=1S/C14H15ClFNO3S/c15-9-1-2-11(10(16)5-9)17-12(18)7-21-8-14(3-4-14)6-13(19)20/h1-2,5H,3-4,6-8H2,(H,17,18)(H,19,20). The van der Waals surface area contributed by atoms with Crippen LogP contribution in [0.1, 0.15) is 19.3 Å². The molecule has 2 rings (SSSR count). The van der Waals surface area contributed by atoms with Gasteiger partial charge in [0.05, 0.1) is 17.9 Å². The van der Waals surface area contributed by atoms with E-state index in [2.05, 4.69) is 5.32 Å². The van der Waals surface area contributed by atoms with Crippen molar-refractivity contribution in [3.63, 3.8) is 0 Å². The van der Waals surface area contributed by atoms with Gasteiger partial charge in [-0.2, -0.15) is 11.8 Å². The minimum Gasteiger partial charge on any atom is -0.481 e. The summed E-state index contributed by atoms with van der Waals surface area (Å²) in [4.78, 5) is 22.4. The average molecular weight is 332 g/mol. The van der Waals surface area contributed by atoms with E-state index in [1.54, 1.807) is 0 Å². The van der Waals surface area contributed by atoms with Crippen LogP contribution in [0.5, 0.6) is 0 Å². The van der Waals surface area contributed by atoms with Gasteiger partial charge < -0.3 is 10.4 Å². The van der Waals surface area contributed by atoms with Gasteiger partial charge in [0, 0.05) is 5.02 Å². The summed E-state index contributed by atoms with van der Waals surface area (Å²) in [5.41, 5.74) is -0.0564. The van der Waals surface area contributed by atoms with Crippen molar-refractivity contribution in [1.29, 1.82) is 0 Å². The van der Waals surface area contributed by atoms with Gasteiger partial charge in [-0.1, -0.05) is 11.6 Å². The van der Waals surface area contributed by atoms with Crippen LogP contribution in [0.3, 0.4) is 0 Å². The van der Waals surface area contributed by atoms with Crippen molar-refractivity contribution < 1.29 is 19.1 Å². The molecule has 0 radical (unpaired) electrons. The second-order valence-electron chi connectivity index (χ2n) is 5.24. The molecule has 0 unspecified atom stereocenters. The summed E-state index contributed by atoms with van der Waals surface area (Å²) in [5, 5.41) is 11.5. The van der Waals surface area contributed by atoms with Crippen molar-refractivity contribution in [2.45, 2.75) is 19.3 Å². The highest BCUT2D eigenvalue weighted by molar-refractivity contribution is 8.00. The summed E-state index contributed by atoms with van der Waals surface area (Å²) >= 11 is 7.01. The number of hydrogen-bond donors (Lipinski definition) is 2. The Morgan fingerprint density at radius 2 is 2.14 bits per heavy atom. The molecule has 0 aromatic heterocycles. The summed E-state index contributed by atoms with van der Waals surface area (Å²) < 4.78 is 13.5. The number of carboxylic acids is 1. The minimum atomic E-state index is -0.805. The lowest BCUT2D eigenvalue weighted by molar-refractivity contribution is -0.138. The number of benzene rings is 1. The molecule has 0 atom stereocenters. The number of nitrogens with one attached hydrogen (secondary N) is 1. The Bertz CT molecular complexity index is 563. The quantitative estimate of drug-likeness (QED) is 0.803. The van der Waals surface area contributed by atoms with Gasteiger partial charge in [0.2, 0.25) is 5.91 Å². The third kappa shape index (κ3) is 4.89. The predicted octanol–water partition coefficient (Wildman–Crippen LogP) is 3.41.